The molecule has 3 amide bonds. The number of aromatic nitrogens is 1. The molecule has 0 saturated heterocycles. The van der Waals surface area contributed by atoms with Crippen LogP contribution in [0.25, 0.3) is 0 Å². The van der Waals surface area contributed by atoms with Crippen LogP contribution in [0.15, 0.2) is 18.3 Å². The van der Waals surface area contributed by atoms with Gasteiger partial charge in [0.1, 0.15) is 11.9 Å². The molecule has 0 saturated carbocycles. The SMILES string of the molecule is CCN(CC)c1ccc(CNC(=O)C(CCSC)NC(N)=O)cn1. The molecule has 7 nitrogen and oxygen atoms in total. The minimum absolute atomic E-state index is 0.240. The summed E-state index contributed by atoms with van der Waals surface area (Å²) in [7, 11) is 0. The normalized spacial score (nSPS) is 11.6. The molecule has 0 spiro atoms. The lowest BCUT2D eigenvalue weighted by atomic mass is 10.2. The van der Waals surface area contributed by atoms with Gasteiger partial charge in [0, 0.05) is 25.8 Å². The number of anilines is 1. The zero-order valence-electron chi connectivity index (χ0n) is 14.5. The van der Waals surface area contributed by atoms with E-state index in [2.05, 4.69) is 34.4 Å². The molecule has 1 aromatic heterocycles. The van der Waals surface area contributed by atoms with Crippen molar-refractivity contribution in [1.29, 1.82) is 0 Å². The molecule has 0 bridgehead atoms. The number of nitrogens with zero attached hydrogens (tertiary/aromatic N) is 2. The number of nitrogens with one attached hydrogen (secondary N) is 2. The maximum absolute atomic E-state index is 12.2. The van der Waals surface area contributed by atoms with Gasteiger partial charge in [-0.2, -0.15) is 11.8 Å². The number of urea groups is 1. The third-order valence-electron chi connectivity index (χ3n) is 3.61. The number of carbonyl (C=O) groups excluding carboxylic acids is 2. The fraction of sp³-hybridized carbons (Fsp3) is 0.562. The van der Waals surface area contributed by atoms with E-state index < -0.39 is 12.1 Å². The second-order valence-electron chi connectivity index (χ2n) is 5.26. The zero-order chi connectivity index (χ0) is 17.9. The van der Waals surface area contributed by atoms with E-state index in [0.29, 0.717) is 13.0 Å². The average Bonchev–Trinajstić information content (AvgIpc) is 2.58. The molecular weight excluding hydrogens is 326 g/mol. The lowest BCUT2D eigenvalue weighted by molar-refractivity contribution is -0.123. The van der Waals surface area contributed by atoms with Gasteiger partial charge in [-0.05, 0) is 43.9 Å². The molecule has 24 heavy (non-hydrogen) atoms. The number of thioether (sulfide) groups is 1. The number of carbonyl (C=O) groups is 2. The highest BCUT2D eigenvalue weighted by molar-refractivity contribution is 7.98. The second-order valence-corrected chi connectivity index (χ2v) is 6.24. The monoisotopic (exact) mass is 353 g/mol. The summed E-state index contributed by atoms with van der Waals surface area (Å²) in [6.07, 6.45) is 4.24. The highest BCUT2D eigenvalue weighted by Gasteiger charge is 2.19. The Morgan fingerprint density at radius 2 is 2.04 bits per heavy atom. The van der Waals surface area contributed by atoms with Crippen molar-refractivity contribution in [3.05, 3.63) is 23.9 Å². The van der Waals surface area contributed by atoms with E-state index in [1.807, 2.05) is 18.4 Å². The molecule has 8 heteroatoms. The van der Waals surface area contributed by atoms with E-state index in [9.17, 15) is 9.59 Å². The van der Waals surface area contributed by atoms with Gasteiger partial charge >= 0.3 is 6.03 Å². The summed E-state index contributed by atoms with van der Waals surface area (Å²) in [5, 5.41) is 5.30. The zero-order valence-corrected chi connectivity index (χ0v) is 15.4. The van der Waals surface area contributed by atoms with Crippen LogP contribution in [0.3, 0.4) is 0 Å². The van der Waals surface area contributed by atoms with Crippen LogP contribution >= 0.6 is 11.8 Å². The largest absolute Gasteiger partial charge is 0.357 e. The molecule has 1 unspecified atom stereocenters. The van der Waals surface area contributed by atoms with Gasteiger partial charge in [-0.1, -0.05) is 6.07 Å². The van der Waals surface area contributed by atoms with E-state index in [0.717, 1.165) is 30.2 Å². The Balaban J connectivity index is 2.59. The van der Waals surface area contributed by atoms with Gasteiger partial charge in [-0.15, -0.1) is 0 Å². The summed E-state index contributed by atoms with van der Waals surface area (Å²) < 4.78 is 0. The Morgan fingerprint density at radius 1 is 1.33 bits per heavy atom. The summed E-state index contributed by atoms with van der Waals surface area (Å²) in [5.41, 5.74) is 6.03. The number of amides is 3. The molecule has 1 rings (SSSR count). The van der Waals surface area contributed by atoms with Crippen LogP contribution in [0.1, 0.15) is 25.8 Å². The third kappa shape index (κ3) is 6.66. The molecular formula is C16H27N5O2S. The summed E-state index contributed by atoms with van der Waals surface area (Å²) in [5.74, 6) is 1.44. The Labute approximate surface area is 147 Å². The first-order valence-corrected chi connectivity index (χ1v) is 9.43. The van der Waals surface area contributed by atoms with E-state index in [4.69, 9.17) is 5.73 Å². The minimum atomic E-state index is -0.693. The van der Waals surface area contributed by atoms with Crippen LogP contribution in [-0.4, -0.2) is 48.1 Å². The molecule has 4 N–H and O–H groups in total. The summed E-state index contributed by atoms with van der Waals surface area (Å²) in [4.78, 5) is 29.8. The summed E-state index contributed by atoms with van der Waals surface area (Å²) >= 11 is 1.61. The number of hydrogen-bond acceptors (Lipinski definition) is 5. The molecule has 134 valence electrons. The van der Waals surface area contributed by atoms with Crippen molar-refractivity contribution in [3.8, 4) is 0 Å². The topological polar surface area (TPSA) is 100 Å². The molecule has 0 fully saturated rings. The van der Waals surface area contributed by atoms with Gasteiger partial charge in [-0.25, -0.2) is 9.78 Å². The van der Waals surface area contributed by atoms with Crippen LogP contribution in [-0.2, 0) is 11.3 Å². The highest BCUT2D eigenvalue weighted by Crippen LogP contribution is 2.10. The summed E-state index contributed by atoms with van der Waals surface area (Å²) in [6, 6.07) is 2.58. The quantitative estimate of drug-likeness (QED) is 0.589. The van der Waals surface area contributed by atoms with E-state index in [1.54, 1.807) is 18.0 Å². The van der Waals surface area contributed by atoms with Crippen molar-refractivity contribution < 1.29 is 9.59 Å². The predicted molar refractivity (Wildman–Crippen MR) is 99.2 cm³/mol. The number of pyridine rings is 1. The van der Waals surface area contributed by atoms with Gasteiger partial charge in [0.2, 0.25) is 5.91 Å². The van der Waals surface area contributed by atoms with Gasteiger partial charge in [0.05, 0.1) is 0 Å². The first-order valence-electron chi connectivity index (χ1n) is 8.04. The Bertz CT molecular complexity index is 520. The smallest absolute Gasteiger partial charge is 0.312 e. The van der Waals surface area contributed by atoms with Gasteiger partial charge < -0.3 is 21.3 Å². The highest BCUT2D eigenvalue weighted by atomic mass is 32.2. The number of rotatable bonds is 10. The molecule has 0 aliphatic rings. The van der Waals surface area contributed by atoms with Crippen molar-refractivity contribution in [3.63, 3.8) is 0 Å². The molecule has 0 radical (unpaired) electrons. The number of hydrogen-bond donors (Lipinski definition) is 3. The fourth-order valence-electron chi connectivity index (χ4n) is 2.24. The van der Waals surface area contributed by atoms with Crippen molar-refractivity contribution in [2.45, 2.75) is 32.9 Å². The van der Waals surface area contributed by atoms with Gasteiger partial charge in [-0.3, -0.25) is 4.79 Å². The molecule has 1 atom stereocenters. The number of nitrogens with two attached hydrogens (primary N) is 1. The Kier molecular flexibility index (Phi) is 8.99. The Morgan fingerprint density at radius 3 is 2.54 bits per heavy atom. The molecule has 0 aromatic carbocycles. The maximum atomic E-state index is 12.2. The summed E-state index contributed by atoms with van der Waals surface area (Å²) in [6.45, 7) is 6.32. The first-order chi connectivity index (χ1) is 11.5. The molecule has 0 aliphatic heterocycles. The van der Waals surface area contributed by atoms with Crippen LogP contribution in [0.4, 0.5) is 10.6 Å². The van der Waals surface area contributed by atoms with Crippen LogP contribution in [0, 0.1) is 0 Å². The van der Waals surface area contributed by atoms with Crippen LogP contribution < -0.4 is 21.3 Å². The minimum Gasteiger partial charge on any atom is -0.357 e. The fourth-order valence-corrected chi connectivity index (χ4v) is 2.72. The standard InChI is InChI=1S/C16H27N5O2S/c1-4-21(5-2)14-7-6-12(10-18-14)11-19-15(22)13(8-9-24-3)20-16(17)23/h6-7,10,13H,4-5,8-9,11H2,1-3H3,(H,19,22)(H3,17,20,23). The molecule has 0 aliphatic carbocycles. The van der Waals surface area contributed by atoms with Crippen LogP contribution in [0.2, 0.25) is 0 Å². The third-order valence-corrected chi connectivity index (χ3v) is 4.25. The van der Waals surface area contributed by atoms with Gasteiger partial charge in [0.15, 0.2) is 0 Å². The Hall–Kier alpha value is -1.96. The molecule has 1 heterocycles. The lowest BCUT2D eigenvalue weighted by Gasteiger charge is -2.20. The number of primary amides is 1. The first kappa shape index (κ1) is 20.1. The van der Waals surface area contributed by atoms with Gasteiger partial charge in [0.25, 0.3) is 0 Å². The second kappa shape index (κ2) is 10.7. The van der Waals surface area contributed by atoms with Crippen molar-refractivity contribution >= 4 is 29.5 Å². The lowest BCUT2D eigenvalue weighted by Crippen LogP contribution is -2.48. The average molecular weight is 353 g/mol. The van der Waals surface area contributed by atoms with Crippen molar-refractivity contribution in [1.82, 2.24) is 15.6 Å². The van der Waals surface area contributed by atoms with E-state index >= 15 is 0 Å². The maximum Gasteiger partial charge on any atom is 0.312 e. The van der Waals surface area contributed by atoms with Crippen molar-refractivity contribution in [2.75, 3.05) is 30.0 Å². The van der Waals surface area contributed by atoms with E-state index in [1.165, 1.54) is 0 Å². The van der Waals surface area contributed by atoms with Crippen LogP contribution in [0.5, 0.6) is 0 Å². The van der Waals surface area contributed by atoms with Crippen molar-refractivity contribution in [2.24, 2.45) is 5.73 Å². The molecule has 1 aromatic rings. The van der Waals surface area contributed by atoms with E-state index in [-0.39, 0.29) is 5.91 Å². The predicted octanol–water partition coefficient (Wildman–Crippen LogP) is 1.33.